The first-order valence-electron chi connectivity index (χ1n) is 8.71. The maximum atomic E-state index is 2.73. The van der Waals surface area contributed by atoms with Gasteiger partial charge >= 0.3 is 0 Å². The molecule has 3 fully saturated rings. The van der Waals surface area contributed by atoms with Gasteiger partial charge in [0.2, 0.25) is 0 Å². The first-order chi connectivity index (χ1) is 9.56. The Morgan fingerprint density at radius 1 is 1.00 bits per heavy atom. The van der Waals surface area contributed by atoms with Crippen LogP contribution in [0.1, 0.15) is 39.5 Å². The average molecular weight is 279 g/mol. The van der Waals surface area contributed by atoms with E-state index in [1.54, 1.807) is 0 Å². The van der Waals surface area contributed by atoms with Crippen LogP contribution < -0.4 is 0 Å². The first kappa shape index (κ1) is 14.8. The van der Waals surface area contributed by atoms with Gasteiger partial charge in [-0.05, 0) is 57.9 Å². The second-order valence-electron chi connectivity index (χ2n) is 8.05. The molecule has 0 radical (unpaired) electrons. The largest absolute Gasteiger partial charge is 0.305 e. The maximum absolute atomic E-state index is 2.73. The third-order valence-electron chi connectivity index (χ3n) is 6.03. The van der Waals surface area contributed by atoms with Gasteiger partial charge in [0.05, 0.1) is 0 Å². The highest BCUT2D eigenvalue weighted by atomic mass is 15.3. The van der Waals surface area contributed by atoms with Gasteiger partial charge in [-0.1, -0.05) is 0 Å². The monoisotopic (exact) mass is 279 g/mol. The average Bonchev–Trinajstić information content (AvgIpc) is 2.40. The molecule has 0 aromatic rings. The zero-order valence-corrected chi connectivity index (χ0v) is 13.8. The fraction of sp³-hybridized carbons (Fsp3) is 1.00. The van der Waals surface area contributed by atoms with Crippen LogP contribution >= 0.6 is 0 Å². The number of piperazine rings is 1. The second-order valence-corrected chi connectivity index (χ2v) is 8.05. The second kappa shape index (κ2) is 5.94. The van der Waals surface area contributed by atoms with E-state index in [2.05, 4.69) is 35.6 Å². The van der Waals surface area contributed by atoms with E-state index in [1.165, 1.54) is 71.5 Å². The molecule has 116 valence electrons. The molecule has 3 aliphatic rings. The lowest BCUT2D eigenvalue weighted by atomic mass is 9.66. The summed E-state index contributed by atoms with van der Waals surface area (Å²) in [5, 5.41) is 0. The summed E-state index contributed by atoms with van der Waals surface area (Å²) in [6, 6.07) is 0.724. The molecule has 0 aromatic heterocycles. The van der Waals surface area contributed by atoms with Gasteiger partial charge in [-0.15, -0.1) is 0 Å². The number of hydrogen-bond acceptors (Lipinski definition) is 3. The molecule has 1 aliphatic carbocycles. The summed E-state index contributed by atoms with van der Waals surface area (Å²) in [5.41, 5.74) is 0.738. The van der Waals surface area contributed by atoms with Crippen LogP contribution in [0.4, 0.5) is 0 Å². The van der Waals surface area contributed by atoms with Gasteiger partial charge in [0.1, 0.15) is 0 Å². The Labute approximate surface area is 125 Å². The highest BCUT2D eigenvalue weighted by molar-refractivity contribution is 4.97. The van der Waals surface area contributed by atoms with E-state index in [9.17, 15) is 0 Å². The lowest BCUT2D eigenvalue weighted by molar-refractivity contribution is -0.0266. The fourth-order valence-corrected chi connectivity index (χ4v) is 4.72. The lowest BCUT2D eigenvalue weighted by Gasteiger charge is -2.52. The number of likely N-dealkylation sites (tertiary alicyclic amines) is 1. The van der Waals surface area contributed by atoms with Crippen molar-refractivity contribution in [1.29, 1.82) is 0 Å². The Morgan fingerprint density at radius 3 is 2.10 bits per heavy atom. The highest BCUT2D eigenvalue weighted by Gasteiger charge is 2.43. The van der Waals surface area contributed by atoms with Gasteiger partial charge in [-0.25, -0.2) is 0 Å². The molecule has 2 aliphatic heterocycles. The van der Waals surface area contributed by atoms with Crippen LogP contribution in [-0.4, -0.2) is 73.6 Å². The zero-order valence-electron chi connectivity index (χ0n) is 13.8. The van der Waals surface area contributed by atoms with Crippen molar-refractivity contribution in [2.45, 2.75) is 45.6 Å². The summed E-state index contributed by atoms with van der Waals surface area (Å²) in [7, 11) is 2.27. The summed E-state index contributed by atoms with van der Waals surface area (Å²) in [6.07, 6.45) is 5.96. The van der Waals surface area contributed by atoms with Crippen LogP contribution in [0.15, 0.2) is 0 Å². The number of rotatable bonds is 3. The van der Waals surface area contributed by atoms with Crippen LogP contribution in [0.2, 0.25) is 0 Å². The van der Waals surface area contributed by atoms with E-state index in [4.69, 9.17) is 0 Å². The minimum absolute atomic E-state index is 0.724. The first-order valence-corrected chi connectivity index (χ1v) is 8.71. The molecule has 0 bridgehead atoms. The third kappa shape index (κ3) is 3.20. The topological polar surface area (TPSA) is 9.72 Å². The van der Waals surface area contributed by atoms with E-state index >= 15 is 0 Å². The molecule has 3 heteroatoms. The smallest absolute Gasteiger partial charge is 0.0113 e. The van der Waals surface area contributed by atoms with Crippen LogP contribution in [0, 0.1) is 11.3 Å². The summed E-state index contributed by atoms with van der Waals surface area (Å²) in [6.45, 7) is 13.9. The summed E-state index contributed by atoms with van der Waals surface area (Å²) in [5.74, 6) is 0.983. The van der Waals surface area contributed by atoms with E-state index in [-0.39, 0.29) is 0 Å². The van der Waals surface area contributed by atoms with Crippen molar-refractivity contribution in [3.63, 3.8) is 0 Å². The van der Waals surface area contributed by atoms with Crippen molar-refractivity contribution in [3.8, 4) is 0 Å². The van der Waals surface area contributed by atoms with Crippen molar-refractivity contribution in [1.82, 2.24) is 14.7 Å². The molecule has 3 rings (SSSR count). The molecule has 0 N–H and O–H groups in total. The fourth-order valence-electron chi connectivity index (χ4n) is 4.72. The molecule has 2 saturated heterocycles. The van der Waals surface area contributed by atoms with Crippen molar-refractivity contribution in [3.05, 3.63) is 0 Å². The Morgan fingerprint density at radius 2 is 1.60 bits per heavy atom. The predicted octanol–water partition coefficient (Wildman–Crippen LogP) is 2.13. The minimum atomic E-state index is 0.724. The molecule has 0 atom stereocenters. The molecular formula is C17H33N3. The summed E-state index contributed by atoms with van der Waals surface area (Å²) >= 11 is 0. The predicted molar refractivity (Wildman–Crippen MR) is 85.0 cm³/mol. The van der Waals surface area contributed by atoms with Gasteiger partial charge in [-0.2, -0.15) is 0 Å². The van der Waals surface area contributed by atoms with Crippen molar-refractivity contribution in [2.75, 3.05) is 52.9 Å². The highest BCUT2D eigenvalue weighted by Crippen LogP contribution is 2.45. The van der Waals surface area contributed by atoms with Crippen molar-refractivity contribution >= 4 is 0 Å². The Kier molecular flexibility index (Phi) is 4.40. The Bertz CT molecular complexity index is 304. The zero-order chi connectivity index (χ0) is 14.2. The quantitative estimate of drug-likeness (QED) is 0.784. The van der Waals surface area contributed by atoms with Gasteiger partial charge in [0, 0.05) is 51.9 Å². The van der Waals surface area contributed by atoms with Crippen LogP contribution in [-0.2, 0) is 0 Å². The number of hydrogen-bond donors (Lipinski definition) is 0. The normalized spacial score (nSPS) is 30.0. The minimum Gasteiger partial charge on any atom is -0.305 e. The molecule has 0 aromatic carbocycles. The van der Waals surface area contributed by atoms with Crippen LogP contribution in [0.3, 0.4) is 0 Å². The Balaban J connectivity index is 1.38. The molecule has 3 nitrogen and oxygen atoms in total. The molecular weight excluding hydrogens is 246 g/mol. The van der Waals surface area contributed by atoms with Crippen LogP contribution in [0.5, 0.6) is 0 Å². The van der Waals surface area contributed by atoms with E-state index in [0.717, 1.165) is 17.4 Å². The molecule has 1 saturated carbocycles. The molecule has 0 amide bonds. The SMILES string of the molecule is CC(C)N1CCN(CC2CCC3(CC2)CN(C)C3)CC1. The van der Waals surface area contributed by atoms with Crippen molar-refractivity contribution in [2.24, 2.45) is 11.3 Å². The molecule has 1 spiro atoms. The molecule has 20 heavy (non-hydrogen) atoms. The Hall–Kier alpha value is -0.120. The standard InChI is InChI=1S/C17H33N3/c1-15(2)20-10-8-19(9-11-20)12-16-4-6-17(7-5-16)13-18(3)14-17/h15-16H,4-14H2,1-3H3. The summed E-state index contributed by atoms with van der Waals surface area (Å²) < 4.78 is 0. The van der Waals surface area contributed by atoms with E-state index in [1.807, 2.05) is 0 Å². The molecule has 0 unspecified atom stereocenters. The van der Waals surface area contributed by atoms with Gasteiger partial charge in [0.25, 0.3) is 0 Å². The molecule has 2 heterocycles. The van der Waals surface area contributed by atoms with Gasteiger partial charge < -0.3 is 9.80 Å². The van der Waals surface area contributed by atoms with Crippen molar-refractivity contribution < 1.29 is 0 Å². The van der Waals surface area contributed by atoms with Gasteiger partial charge in [-0.3, -0.25) is 4.90 Å². The van der Waals surface area contributed by atoms with E-state index in [0.29, 0.717) is 0 Å². The van der Waals surface area contributed by atoms with Crippen LogP contribution in [0.25, 0.3) is 0 Å². The third-order valence-corrected chi connectivity index (χ3v) is 6.03. The summed E-state index contributed by atoms with van der Waals surface area (Å²) in [4.78, 5) is 7.84. The van der Waals surface area contributed by atoms with E-state index < -0.39 is 0 Å². The lowest BCUT2D eigenvalue weighted by Crippen LogP contribution is -2.56. The van der Waals surface area contributed by atoms with Gasteiger partial charge in [0.15, 0.2) is 0 Å². The number of nitrogens with zero attached hydrogens (tertiary/aromatic N) is 3. The maximum Gasteiger partial charge on any atom is 0.0113 e.